The first kappa shape index (κ1) is 21.7. The monoisotopic (exact) mass is 402 g/mol. The van der Waals surface area contributed by atoms with Crippen LogP contribution in [0, 0.1) is 0 Å². The van der Waals surface area contributed by atoms with Crippen LogP contribution in [0.4, 0.5) is 0 Å². The second-order valence-electron chi connectivity index (χ2n) is 5.29. The van der Waals surface area contributed by atoms with Crippen LogP contribution < -0.4 is 0 Å². The zero-order valence-corrected chi connectivity index (χ0v) is 16.0. The van der Waals surface area contributed by atoms with Gasteiger partial charge in [0.2, 0.25) is 0 Å². The standard InChI is InChI=1S/C17H16Cl2O.CH4O3S/c18-16-10-3-1-6-13(16)7-5-8-14(12-20)15-9-2-4-11-17(15)19;1-5(2,3)4/h1-7,9-11,14,20H,8,12H2;1H3,(H,2,3,4). The van der Waals surface area contributed by atoms with Gasteiger partial charge in [0.25, 0.3) is 10.1 Å². The highest BCUT2D eigenvalue weighted by Gasteiger charge is 2.11. The lowest BCUT2D eigenvalue weighted by atomic mass is 9.96. The van der Waals surface area contributed by atoms with Crippen LogP contribution in [0.3, 0.4) is 0 Å². The number of halogens is 2. The topological polar surface area (TPSA) is 74.6 Å². The molecule has 0 saturated carbocycles. The van der Waals surface area contributed by atoms with Crippen LogP contribution >= 0.6 is 23.2 Å². The quantitative estimate of drug-likeness (QED) is 0.711. The minimum absolute atomic E-state index is 0.00226. The Balaban J connectivity index is 0.000000550. The van der Waals surface area contributed by atoms with Crippen LogP contribution in [0.5, 0.6) is 0 Å². The van der Waals surface area contributed by atoms with E-state index in [0.717, 1.165) is 16.1 Å². The predicted molar refractivity (Wildman–Crippen MR) is 104 cm³/mol. The molecule has 4 nitrogen and oxygen atoms in total. The average Bonchev–Trinajstić information content (AvgIpc) is 2.53. The van der Waals surface area contributed by atoms with Gasteiger partial charge >= 0.3 is 0 Å². The Kier molecular flexibility index (Phi) is 9.17. The van der Waals surface area contributed by atoms with E-state index in [2.05, 4.69) is 0 Å². The smallest absolute Gasteiger partial charge is 0.261 e. The van der Waals surface area contributed by atoms with Crippen molar-refractivity contribution in [3.05, 3.63) is 75.8 Å². The number of rotatable bonds is 5. The third-order valence-electron chi connectivity index (χ3n) is 3.19. The summed E-state index contributed by atoms with van der Waals surface area (Å²) in [5.41, 5.74) is 1.95. The summed E-state index contributed by atoms with van der Waals surface area (Å²) in [6.07, 6.45) is 5.42. The van der Waals surface area contributed by atoms with Crippen molar-refractivity contribution in [3.63, 3.8) is 0 Å². The highest BCUT2D eigenvalue weighted by Crippen LogP contribution is 2.27. The third kappa shape index (κ3) is 9.05. The molecule has 2 rings (SSSR count). The Labute approximate surface area is 158 Å². The molecule has 0 heterocycles. The van der Waals surface area contributed by atoms with E-state index in [1.54, 1.807) is 0 Å². The average molecular weight is 403 g/mol. The van der Waals surface area contributed by atoms with Crippen molar-refractivity contribution in [2.75, 3.05) is 12.9 Å². The van der Waals surface area contributed by atoms with Crippen molar-refractivity contribution in [3.8, 4) is 0 Å². The van der Waals surface area contributed by atoms with Crippen LogP contribution in [0.15, 0.2) is 54.6 Å². The van der Waals surface area contributed by atoms with E-state index in [0.29, 0.717) is 17.7 Å². The molecule has 0 fully saturated rings. The lowest BCUT2D eigenvalue weighted by molar-refractivity contribution is 0.266. The summed E-state index contributed by atoms with van der Waals surface area (Å²) in [7, 11) is -3.67. The number of hydrogen-bond acceptors (Lipinski definition) is 3. The molecule has 25 heavy (non-hydrogen) atoms. The van der Waals surface area contributed by atoms with Gasteiger partial charge in [0.15, 0.2) is 0 Å². The molecule has 0 amide bonds. The van der Waals surface area contributed by atoms with Gasteiger partial charge in [-0.2, -0.15) is 8.42 Å². The van der Waals surface area contributed by atoms with Crippen LogP contribution in [0.2, 0.25) is 10.0 Å². The molecule has 2 N–H and O–H groups in total. The van der Waals surface area contributed by atoms with E-state index in [9.17, 15) is 13.5 Å². The van der Waals surface area contributed by atoms with Crippen LogP contribution in [0.25, 0.3) is 6.08 Å². The Morgan fingerprint density at radius 3 is 2.08 bits per heavy atom. The maximum atomic E-state index is 9.54. The summed E-state index contributed by atoms with van der Waals surface area (Å²) in [5, 5.41) is 11.0. The van der Waals surface area contributed by atoms with Crippen molar-refractivity contribution in [2.45, 2.75) is 12.3 Å². The number of allylic oxidation sites excluding steroid dienone is 1. The summed E-state index contributed by atoms with van der Waals surface area (Å²) >= 11 is 12.3. The molecule has 136 valence electrons. The number of hydrogen-bond donors (Lipinski definition) is 2. The molecular formula is C18H20Cl2O4S. The first-order chi connectivity index (χ1) is 11.7. The van der Waals surface area contributed by atoms with Crippen molar-refractivity contribution in [1.29, 1.82) is 0 Å². The van der Waals surface area contributed by atoms with Crippen molar-refractivity contribution >= 4 is 39.4 Å². The Hall–Kier alpha value is -1.37. The molecule has 0 radical (unpaired) electrons. The minimum Gasteiger partial charge on any atom is -0.396 e. The van der Waals surface area contributed by atoms with Crippen LogP contribution in [0.1, 0.15) is 23.5 Å². The zero-order chi connectivity index (χ0) is 18.9. The largest absolute Gasteiger partial charge is 0.396 e. The van der Waals surface area contributed by atoms with Gasteiger partial charge in [-0.1, -0.05) is 71.8 Å². The maximum absolute atomic E-state index is 9.54. The summed E-state index contributed by atoms with van der Waals surface area (Å²) in [6.45, 7) is 0.0661. The Morgan fingerprint density at radius 2 is 1.56 bits per heavy atom. The normalized spacial score (nSPS) is 12.5. The van der Waals surface area contributed by atoms with Gasteiger partial charge in [-0.05, 0) is 29.7 Å². The molecule has 0 aliphatic carbocycles. The second kappa shape index (κ2) is 10.6. The fraction of sp³-hybridized carbons (Fsp3) is 0.222. The zero-order valence-electron chi connectivity index (χ0n) is 13.6. The molecule has 0 bridgehead atoms. The van der Waals surface area contributed by atoms with Crippen molar-refractivity contribution in [2.24, 2.45) is 0 Å². The molecule has 1 atom stereocenters. The lowest BCUT2D eigenvalue weighted by Crippen LogP contribution is -2.03. The molecule has 0 aliphatic rings. The minimum atomic E-state index is -3.67. The molecule has 2 aromatic carbocycles. The Bertz CT molecular complexity index is 796. The fourth-order valence-corrected chi connectivity index (χ4v) is 2.56. The van der Waals surface area contributed by atoms with Crippen molar-refractivity contribution < 1.29 is 18.1 Å². The second-order valence-corrected chi connectivity index (χ2v) is 7.57. The van der Waals surface area contributed by atoms with E-state index >= 15 is 0 Å². The molecule has 0 saturated heterocycles. The van der Waals surface area contributed by atoms with Gasteiger partial charge in [-0.3, -0.25) is 4.55 Å². The van der Waals surface area contributed by atoms with Gasteiger partial charge in [-0.25, -0.2) is 0 Å². The van der Waals surface area contributed by atoms with Gasteiger partial charge < -0.3 is 5.11 Å². The van der Waals surface area contributed by atoms with Gasteiger partial charge in [-0.15, -0.1) is 0 Å². The molecule has 0 aromatic heterocycles. The summed E-state index contributed by atoms with van der Waals surface area (Å²) in [4.78, 5) is 0. The summed E-state index contributed by atoms with van der Waals surface area (Å²) in [5.74, 6) is 0.00226. The molecule has 1 unspecified atom stereocenters. The summed E-state index contributed by atoms with van der Waals surface area (Å²) in [6, 6.07) is 15.3. The van der Waals surface area contributed by atoms with Gasteiger partial charge in [0.05, 0.1) is 12.9 Å². The SMILES string of the molecule is CS(=O)(=O)O.OCC(CC=Cc1ccccc1Cl)c1ccccc1Cl. The Morgan fingerprint density at radius 1 is 1.04 bits per heavy atom. The van der Waals surface area contributed by atoms with Gasteiger partial charge in [0, 0.05) is 16.0 Å². The third-order valence-corrected chi connectivity index (χ3v) is 3.88. The first-order valence-electron chi connectivity index (χ1n) is 7.41. The van der Waals surface area contributed by atoms with Gasteiger partial charge in [0.1, 0.15) is 0 Å². The molecular weight excluding hydrogens is 383 g/mol. The lowest BCUT2D eigenvalue weighted by Gasteiger charge is -2.13. The maximum Gasteiger partial charge on any atom is 0.261 e. The fourth-order valence-electron chi connectivity index (χ4n) is 2.08. The van der Waals surface area contributed by atoms with E-state index < -0.39 is 10.1 Å². The summed E-state index contributed by atoms with van der Waals surface area (Å²) < 4.78 is 25.9. The van der Waals surface area contributed by atoms with E-state index in [4.69, 9.17) is 27.8 Å². The van der Waals surface area contributed by atoms with Crippen LogP contribution in [-0.4, -0.2) is 30.9 Å². The molecule has 0 aliphatic heterocycles. The van der Waals surface area contributed by atoms with E-state index in [1.807, 2.05) is 60.7 Å². The number of aliphatic hydroxyl groups excluding tert-OH is 1. The highest BCUT2D eigenvalue weighted by molar-refractivity contribution is 7.85. The molecule has 7 heteroatoms. The molecule has 2 aromatic rings. The predicted octanol–water partition coefficient (Wildman–Crippen LogP) is 4.68. The van der Waals surface area contributed by atoms with E-state index in [-0.39, 0.29) is 12.5 Å². The number of benzene rings is 2. The van der Waals surface area contributed by atoms with Crippen LogP contribution in [-0.2, 0) is 10.1 Å². The van der Waals surface area contributed by atoms with Crippen molar-refractivity contribution in [1.82, 2.24) is 0 Å². The highest BCUT2D eigenvalue weighted by atomic mass is 35.5. The van der Waals surface area contributed by atoms with E-state index in [1.165, 1.54) is 0 Å². The molecule has 0 spiro atoms. The number of aliphatic hydroxyl groups is 1. The first-order valence-corrected chi connectivity index (χ1v) is 10.0.